The number of allylic oxidation sites excluding steroid dienone is 1. The van der Waals surface area contributed by atoms with Crippen molar-refractivity contribution in [3.63, 3.8) is 0 Å². The summed E-state index contributed by atoms with van der Waals surface area (Å²) < 4.78 is 0. The number of likely N-dealkylation sites (N-methyl/N-ethyl adjacent to an activating group) is 1. The van der Waals surface area contributed by atoms with Gasteiger partial charge in [0.2, 0.25) is 0 Å². The molecule has 0 aromatic heterocycles. The highest BCUT2D eigenvalue weighted by atomic mass is 14.9. The molecule has 14 heavy (non-hydrogen) atoms. The fourth-order valence-electron chi connectivity index (χ4n) is 2.32. The van der Waals surface area contributed by atoms with Crippen molar-refractivity contribution >= 4 is 0 Å². The maximum Gasteiger partial charge on any atom is 0.0328 e. The lowest BCUT2D eigenvalue weighted by Gasteiger charge is -2.35. The zero-order chi connectivity index (χ0) is 10.6. The van der Waals surface area contributed by atoms with Crippen molar-refractivity contribution < 1.29 is 0 Å². The Morgan fingerprint density at radius 3 is 2.50 bits per heavy atom. The van der Waals surface area contributed by atoms with Gasteiger partial charge in [-0.25, -0.2) is 0 Å². The van der Waals surface area contributed by atoms with Crippen LogP contribution < -0.4 is 5.32 Å². The number of rotatable bonds is 3. The summed E-state index contributed by atoms with van der Waals surface area (Å²) in [5.74, 6) is 0. The first-order valence-corrected chi connectivity index (χ1v) is 5.98. The van der Waals surface area contributed by atoms with Crippen LogP contribution in [0.1, 0.15) is 53.4 Å². The third-order valence-electron chi connectivity index (χ3n) is 2.97. The molecule has 0 spiro atoms. The highest BCUT2D eigenvalue weighted by Gasteiger charge is 2.27. The molecule has 82 valence electrons. The fraction of sp³-hybridized carbons (Fsp3) is 0.846. The van der Waals surface area contributed by atoms with E-state index in [2.05, 4.69) is 39.1 Å². The third-order valence-corrected chi connectivity index (χ3v) is 2.97. The van der Waals surface area contributed by atoms with Crippen LogP contribution in [0.3, 0.4) is 0 Å². The van der Waals surface area contributed by atoms with Gasteiger partial charge >= 0.3 is 0 Å². The van der Waals surface area contributed by atoms with Crippen LogP contribution in [0.4, 0.5) is 0 Å². The summed E-state index contributed by atoms with van der Waals surface area (Å²) in [4.78, 5) is 0. The molecule has 1 N–H and O–H groups in total. The summed E-state index contributed by atoms with van der Waals surface area (Å²) in [6.07, 6.45) is 7.81. The minimum Gasteiger partial charge on any atom is -0.310 e. The molecule has 1 rings (SSSR count). The topological polar surface area (TPSA) is 12.0 Å². The molecule has 0 aromatic rings. The molecule has 1 heteroatoms. The third kappa shape index (κ3) is 3.13. The molecule has 0 fully saturated rings. The lowest BCUT2D eigenvalue weighted by atomic mass is 9.78. The van der Waals surface area contributed by atoms with Crippen molar-refractivity contribution in [1.82, 2.24) is 5.32 Å². The predicted molar refractivity (Wildman–Crippen MR) is 63.5 cm³/mol. The number of hydrogen-bond donors (Lipinski definition) is 1. The Labute approximate surface area is 89.0 Å². The molecule has 0 bridgehead atoms. The normalized spacial score (nSPS) is 20.4. The Balaban J connectivity index is 2.71. The van der Waals surface area contributed by atoms with E-state index in [1.165, 1.54) is 25.7 Å². The van der Waals surface area contributed by atoms with Gasteiger partial charge < -0.3 is 5.32 Å². The van der Waals surface area contributed by atoms with Gasteiger partial charge in [0.25, 0.3) is 0 Å². The Bertz CT molecular complexity index is 198. The molecule has 0 saturated heterocycles. The van der Waals surface area contributed by atoms with Crippen molar-refractivity contribution in [1.29, 1.82) is 0 Å². The maximum absolute atomic E-state index is 3.62. The summed E-state index contributed by atoms with van der Waals surface area (Å²) in [6, 6.07) is 0.577. The molecule has 0 aliphatic heterocycles. The first kappa shape index (κ1) is 11.8. The highest BCUT2D eigenvalue weighted by Crippen LogP contribution is 2.30. The van der Waals surface area contributed by atoms with Crippen LogP contribution in [0, 0.1) is 5.41 Å². The Morgan fingerprint density at radius 1 is 1.36 bits per heavy atom. The fourth-order valence-corrected chi connectivity index (χ4v) is 2.32. The lowest BCUT2D eigenvalue weighted by Crippen LogP contribution is -2.42. The van der Waals surface area contributed by atoms with Gasteiger partial charge in [-0.15, -0.1) is 0 Å². The molecule has 0 saturated carbocycles. The van der Waals surface area contributed by atoms with Gasteiger partial charge in [-0.2, -0.15) is 0 Å². The van der Waals surface area contributed by atoms with Crippen LogP contribution in [0.5, 0.6) is 0 Å². The zero-order valence-electron chi connectivity index (χ0n) is 10.2. The molecule has 1 aliphatic rings. The standard InChI is InChI=1S/C13H25N/c1-5-14-12(13(2,3)4)11-9-7-6-8-10-11/h9,12,14H,5-8,10H2,1-4H3. The molecule has 0 radical (unpaired) electrons. The summed E-state index contributed by atoms with van der Waals surface area (Å²) in [6.45, 7) is 10.3. The van der Waals surface area contributed by atoms with E-state index < -0.39 is 0 Å². The van der Waals surface area contributed by atoms with E-state index in [9.17, 15) is 0 Å². The van der Waals surface area contributed by atoms with Crippen LogP contribution in [0.25, 0.3) is 0 Å². The first-order valence-electron chi connectivity index (χ1n) is 5.98. The van der Waals surface area contributed by atoms with Crippen molar-refractivity contribution in [2.24, 2.45) is 5.41 Å². The number of hydrogen-bond acceptors (Lipinski definition) is 1. The molecule has 1 aliphatic carbocycles. The van der Waals surface area contributed by atoms with Crippen molar-refractivity contribution in [3.05, 3.63) is 11.6 Å². The smallest absolute Gasteiger partial charge is 0.0328 e. The second-order valence-electron chi connectivity index (χ2n) is 5.38. The van der Waals surface area contributed by atoms with Gasteiger partial charge in [-0.3, -0.25) is 0 Å². The quantitative estimate of drug-likeness (QED) is 0.680. The molecule has 1 unspecified atom stereocenters. The van der Waals surface area contributed by atoms with Gasteiger partial charge in [0, 0.05) is 6.04 Å². The summed E-state index contributed by atoms with van der Waals surface area (Å²) in [5, 5.41) is 3.62. The van der Waals surface area contributed by atoms with Crippen LogP contribution in [0.2, 0.25) is 0 Å². The average Bonchev–Trinajstić information content (AvgIpc) is 2.14. The molecule has 0 aromatic carbocycles. The second kappa shape index (κ2) is 4.97. The summed E-state index contributed by atoms with van der Waals surface area (Å²) in [7, 11) is 0. The maximum atomic E-state index is 3.62. The highest BCUT2D eigenvalue weighted by molar-refractivity contribution is 5.16. The Kier molecular flexibility index (Phi) is 4.18. The molecule has 0 heterocycles. The second-order valence-corrected chi connectivity index (χ2v) is 5.38. The zero-order valence-corrected chi connectivity index (χ0v) is 10.2. The van der Waals surface area contributed by atoms with Gasteiger partial charge in [0.15, 0.2) is 0 Å². The van der Waals surface area contributed by atoms with Crippen LogP contribution in [-0.2, 0) is 0 Å². The molecule has 1 atom stereocenters. The molecular formula is C13H25N. The largest absolute Gasteiger partial charge is 0.310 e. The van der Waals surface area contributed by atoms with Gasteiger partial charge in [0.1, 0.15) is 0 Å². The van der Waals surface area contributed by atoms with Crippen LogP contribution in [-0.4, -0.2) is 12.6 Å². The average molecular weight is 195 g/mol. The van der Waals surface area contributed by atoms with E-state index >= 15 is 0 Å². The van der Waals surface area contributed by atoms with Crippen molar-refractivity contribution in [2.75, 3.05) is 6.54 Å². The van der Waals surface area contributed by atoms with Crippen molar-refractivity contribution in [3.8, 4) is 0 Å². The van der Waals surface area contributed by atoms with E-state index in [1.807, 2.05) is 0 Å². The summed E-state index contributed by atoms with van der Waals surface area (Å²) in [5.41, 5.74) is 1.99. The van der Waals surface area contributed by atoms with E-state index in [0.717, 1.165) is 6.54 Å². The van der Waals surface area contributed by atoms with Crippen molar-refractivity contribution in [2.45, 2.75) is 59.4 Å². The van der Waals surface area contributed by atoms with Crippen LogP contribution >= 0.6 is 0 Å². The minimum absolute atomic E-state index is 0.346. The lowest BCUT2D eigenvalue weighted by molar-refractivity contribution is 0.297. The Hall–Kier alpha value is -0.300. The van der Waals surface area contributed by atoms with Gasteiger partial charge in [0.05, 0.1) is 0 Å². The Morgan fingerprint density at radius 2 is 2.07 bits per heavy atom. The predicted octanol–water partition coefficient (Wildman–Crippen LogP) is 3.51. The monoisotopic (exact) mass is 195 g/mol. The van der Waals surface area contributed by atoms with E-state index in [0.29, 0.717) is 11.5 Å². The number of nitrogens with one attached hydrogen (secondary N) is 1. The van der Waals surface area contributed by atoms with Gasteiger partial charge in [-0.05, 0) is 37.6 Å². The van der Waals surface area contributed by atoms with E-state index in [-0.39, 0.29) is 0 Å². The first-order chi connectivity index (χ1) is 6.55. The van der Waals surface area contributed by atoms with E-state index in [4.69, 9.17) is 0 Å². The molecule has 1 nitrogen and oxygen atoms in total. The van der Waals surface area contributed by atoms with E-state index in [1.54, 1.807) is 5.57 Å². The molecule has 0 amide bonds. The molecular weight excluding hydrogens is 170 g/mol. The minimum atomic E-state index is 0.346. The van der Waals surface area contributed by atoms with Gasteiger partial charge in [-0.1, -0.05) is 39.3 Å². The SMILES string of the molecule is CCNC(C1=CCCCC1)C(C)(C)C. The summed E-state index contributed by atoms with van der Waals surface area (Å²) >= 11 is 0. The van der Waals surface area contributed by atoms with Crippen LogP contribution in [0.15, 0.2) is 11.6 Å².